The van der Waals surface area contributed by atoms with Crippen LogP contribution in [0.15, 0.2) is 35.3 Å². The second-order valence-corrected chi connectivity index (χ2v) is 9.72. The largest absolute Gasteiger partial charge is 0.414 e. The summed E-state index contributed by atoms with van der Waals surface area (Å²) in [6.45, 7) is 5.98. The van der Waals surface area contributed by atoms with Gasteiger partial charge in [-0.1, -0.05) is 35.3 Å². The fourth-order valence-corrected chi connectivity index (χ4v) is 10.0. The fraction of sp³-hybridized carbons (Fsp3) is 0.333. The molecule has 0 amide bonds. The fourth-order valence-electron chi connectivity index (χ4n) is 1.24. The molecular weight excluding hydrogens is 240 g/mol. The van der Waals surface area contributed by atoms with Crippen LogP contribution in [-0.4, -0.2) is 27.9 Å². The Balaban J connectivity index is 2.63. The number of hydrogen-bond donors (Lipinski definition) is 0. The first-order valence-electron chi connectivity index (χ1n) is 5.15. The first kappa shape index (κ1) is 12.8. The van der Waals surface area contributed by atoms with Crippen molar-refractivity contribution in [1.82, 2.24) is 0 Å². The highest BCUT2D eigenvalue weighted by Gasteiger charge is 2.30. The highest BCUT2D eigenvalue weighted by Crippen LogP contribution is 2.10. The molecule has 0 radical (unpaired) electrons. The minimum atomic E-state index is -1.59. The summed E-state index contributed by atoms with van der Waals surface area (Å²) >= 11 is 0. The van der Waals surface area contributed by atoms with Gasteiger partial charge in [-0.15, -0.1) is 0 Å². The van der Waals surface area contributed by atoms with Crippen molar-refractivity contribution in [3.05, 3.63) is 35.3 Å². The van der Waals surface area contributed by atoms with Gasteiger partial charge in [0.25, 0.3) is 0 Å². The summed E-state index contributed by atoms with van der Waals surface area (Å²) in [5.74, 6) is 0. The molecule has 0 aliphatic carbocycles. The first-order valence-corrected chi connectivity index (χ1v) is 9.97. The van der Waals surface area contributed by atoms with Crippen molar-refractivity contribution in [2.75, 3.05) is 0 Å². The highest BCUT2D eigenvalue weighted by atomic mass is 28.5. The molecule has 0 saturated carbocycles. The summed E-state index contributed by atoms with van der Waals surface area (Å²) in [6.07, 6.45) is 6.01. The topological polar surface area (TPSA) is 27.7 Å². The van der Waals surface area contributed by atoms with Crippen LogP contribution >= 0.6 is 0 Å². The van der Waals surface area contributed by atoms with Crippen LogP contribution in [0.2, 0.25) is 0 Å². The van der Waals surface area contributed by atoms with Gasteiger partial charge in [0.15, 0.2) is 0 Å². The van der Waals surface area contributed by atoms with Gasteiger partial charge in [0, 0.05) is 0 Å². The molecule has 0 N–H and O–H groups in total. The maximum absolute atomic E-state index is 5.80. The van der Waals surface area contributed by atoms with Crippen molar-refractivity contribution in [2.24, 2.45) is 0 Å². The molecule has 1 rings (SSSR count). The molecule has 1 fully saturated rings. The zero-order chi connectivity index (χ0) is 11.1. The molecule has 0 atom stereocenters. The van der Waals surface area contributed by atoms with E-state index in [1.165, 1.54) is 0 Å². The molecule has 3 nitrogen and oxygen atoms in total. The average Bonchev–Trinajstić information content (AvgIpc) is 2.19. The molecule has 6 heteroatoms. The van der Waals surface area contributed by atoms with Gasteiger partial charge in [-0.3, -0.25) is 0 Å². The predicted molar refractivity (Wildman–Crippen MR) is 69.1 cm³/mol. The first-order chi connectivity index (χ1) is 7.30. The van der Waals surface area contributed by atoms with Gasteiger partial charge in [-0.2, -0.15) is 0 Å². The smallest absolute Gasteiger partial charge is 0.330 e. The molecule has 1 heterocycles. The normalized spacial score (nSPS) is 33.4. The summed E-state index contributed by atoms with van der Waals surface area (Å²) in [4.78, 5) is 0. The summed E-state index contributed by atoms with van der Waals surface area (Å²) in [5, 5.41) is 0. The Hall–Kier alpha value is -0.249. The number of rotatable bonds is 3. The third-order valence-corrected chi connectivity index (χ3v) is 10.4. The van der Waals surface area contributed by atoms with Crippen LogP contribution in [0.4, 0.5) is 0 Å². The van der Waals surface area contributed by atoms with Gasteiger partial charge >= 0.3 is 27.9 Å². The van der Waals surface area contributed by atoms with E-state index in [1.807, 2.05) is 39.0 Å². The minimum absolute atomic E-state index is 1.59. The van der Waals surface area contributed by atoms with E-state index in [0.29, 0.717) is 0 Å². The van der Waals surface area contributed by atoms with Crippen molar-refractivity contribution in [2.45, 2.75) is 20.8 Å². The lowest BCUT2D eigenvalue weighted by molar-refractivity contribution is 0.306. The van der Waals surface area contributed by atoms with Crippen LogP contribution in [0, 0.1) is 0 Å². The quantitative estimate of drug-likeness (QED) is 0.709. The lowest BCUT2D eigenvalue weighted by Gasteiger charge is -2.30. The Bertz CT molecular complexity index is 217. The van der Waals surface area contributed by atoms with E-state index < -0.39 is 27.9 Å². The van der Waals surface area contributed by atoms with Crippen LogP contribution in [0.5, 0.6) is 0 Å². The third-order valence-electron chi connectivity index (χ3n) is 1.85. The Kier molecular flexibility index (Phi) is 6.06. The van der Waals surface area contributed by atoms with E-state index in [0.717, 1.165) is 0 Å². The Labute approximate surface area is 96.6 Å². The summed E-state index contributed by atoms with van der Waals surface area (Å²) in [5.41, 5.74) is 6.20. The van der Waals surface area contributed by atoms with E-state index >= 15 is 0 Å². The minimum Gasteiger partial charge on any atom is -0.414 e. The summed E-state index contributed by atoms with van der Waals surface area (Å²) < 4.78 is 17.4. The standard InChI is InChI=1S/C9H18O3Si3/c1-4-7-13-10-14(8-5-2)12-15(11-13)9-6-3/h4-9,13-15H,1-3H3. The predicted octanol–water partition coefficient (Wildman–Crippen LogP) is 1.06. The highest BCUT2D eigenvalue weighted by molar-refractivity contribution is 6.78. The number of hydrogen-bond acceptors (Lipinski definition) is 3. The van der Waals surface area contributed by atoms with Gasteiger partial charge in [-0.25, -0.2) is 0 Å². The van der Waals surface area contributed by atoms with Crippen LogP contribution in [-0.2, 0) is 12.3 Å². The maximum Gasteiger partial charge on any atom is 0.330 e. The van der Waals surface area contributed by atoms with Gasteiger partial charge in [0.2, 0.25) is 0 Å². The van der Waals surface area contributed by atoms with Gasteiger partial charge in [0.05, 0.1) is 0 Å². The maximum atomic E-state index is 5.80. The molecule has 15 heavy (non-hydrogen) atoms. The zero-order valence-corrected chi connectivity index (χ0v) is 12.9. The number of allylic oxidation sites excluding steroid dienone is 3. The average molecular weight is 258 g/mol. The van der Waals surface area contributed by atoms with Gasteiger partial charge < -0.3 is 12.3 Å². The Morgan fingerprint density at radius 3 is 1.07 bits per heavy atom. The second-order valence-electron chi connectivity index (χ2n) is 3.09. The van der Waals surface area contributed by atoms with Gasteiger partial charge in [-0.05, 0) is 20.8 Å². The summed E-state index contributed by atoms with van der Waals surface area (Å²) in [6, 6.07) is 0. The van der Waals surface area contributed by atoms with Crippen LogP contribution in [0.3, 0.4) is 0 Å². The molecule has 0 aromatic carbocycles. The molecule has 0 spiro atoms. The van der Waals surface area contributed by atoms with Crippen molar-refractivity contribution in [3.63, 3.8) is 0 Å². The third kappa shape index (κ3) is 4.41. The van der Waals surface area contributed by atoms with E-state index in [9.17, 15) is 0 Å². The molecule has 0 aromatic heterocycles. The molecule has 0 aromatic rings. The van der Waals surface area contributed by atoms with Gasteiger partial charge in [0.1, 0.15) is 0 Å². The van der Waals surface area contributed by atoms with E-state index in [-0.39, 0.29) is 0 Å². The second kappa shape index (κ2) is 7.10. The van der Waals surface area contributed by atoms with Crippen LogP contribution in [0.25, 0.3) is 0 Å². The van der Waals surface area contributed by atoms with Crippen LogP contribution in [0.1, 0.15) is 20.8 Å². The van der Waals surface area contributed by atoms with Crippen molar-refractivity contribution in [3.8, 4) is 0 Å². The molecular formula is C9H18O3Si3. The van der Waals surface area contributed by atoms with Crippen molar-refractivity contribution < 1.29 is 12.3 Å². The van der Waals surface area contributed by atoms with Crippen molar-refractivity contribution in [1.29, 1.82) is 0 Å². The van der Waals surface area contributed by atoms with Crippen LogP contribution < -0.4 is 0 Å². The molecule has 0 unspecified atom stereocenters. The molecule has 1 saturated heterocycles. The SMILES string of the molecule is CC=C[SiH]1O[SiH](C=CC)O[SiH](C=CC)O1. The monoisotopic (exact) mass is 258 g/mol. The van der Waals surface area contributed by atoms with E-state index in [1.54, 1.807) is 0 Å². The lowest BCUT2D eigenvalue weighted by atomic mass is 10.8. The van der Waals surface area contributed by atoms with E-state index in [4.69, 9.17) is 12.3 Å². The van der Waals surface area contributed by atoms with Crippen molar-refractivity contribution >= 4 is 27.9 Å². The summed E-state index contributed by atoms with van der Waals surface area (Å²) in [7, 11) is -4.77. The molecule has 1 aliphatic rings. The lowest BCUT2D eigenvalue weighted by Crippen LogP contribution is -2.46. The zero-order valence-electron chi connectivity index (χ0n) is 9.42. The Morgan fingerprint density at radius 2 is 0.867 bits per heavy atom. The van der Waals surface area contributed by atoms with E-state index in [2.05, 4.69) is 17.1 Å². The molecule has 84 valence electrons. The molecule has 1 aliphatic heterocycles. The molecule has 0 bridgehead atoms. The Morgan fingerprint density at radius 1 is 0.600 bits per heavy atom.